The predicted octanol–water partition coefficient (Wildman–Crippen LogP) is 2.42. The SMILES string of the molecule is CCOc1ccc(CC2NC(=O)C(C(Cc3ccc(Oc4ccccc4)cc3)NC(=O)[C@H](N)Cc3c[nH]cn3)NC2=O)cc1. The van der Waals surface area contributed by atoms with Gasteiger partial charge in [0.15, 0.2) is 0 Å². The van der Waals surface area contributed by atoms with Gasteiger partial charge in [0.1, 0.15) is 29.3 Å². The average molecular weight is 597 g/mol. The predicted molar refractivity (Wildman–Crippen MR) is 164 cm³/mol. The minimum atomic E-state index is -1.01. The number of piperazine rings is 1. The van der Waals surface area contributed by atoms with Gasteiger partial charge in [0.05, 0.1) is 30.7 Å². The van der Waals surface area contributed by atoms with Gasteiger partial charge in [-0.2, -0.15) is 0 Å². The van der Waals surface area contributed by atoms with Crippen molar-refractivity contribution in [3.63, 3.8) is 0 Å². The second-order valence-electron chi connectivity index (χ2n) is 10.6. The average Bonchev–Trinajstić information content (AvgIpc) is 3.54. The highest BCUT2D eigenvalue weighted by molar-refractivity contribution is 5.98. The molecule has 0 aliphatic carbocycles. The van der Waals surface area contributed by atoms with Gasteiger partial charge < -0.3 is 36.1 Å². The van der Waals surface area contributed by atoms with E-state index in [4.69, 9.17) is 15.2 Å². The van der Waals surface area contributed by atoms with Gasteiger partial charge in [0, 0.05) is 19.0 Å². The molecule has 6 N–H and O–H groups in total. The third kappa shape index (κ3) is 8.01. The van der Waals surface area contributed by atoms with Crippen molar-refractivity contribution in [2.45, 2.75) is 50.4 Å². The number of nitrogens with one attached hydrogen (secondary N) is 4. The molecule has 3 unspecified atom stereocenters. The van der Waals surface area contributed by atoms with Gasteiger partial charge in [0.2, 0.25) is 17.7 Å². The second kappa shape index (κ2) is 14.3. The fourth-order valence-electron chi connectivity index (χ4n) is 5.03. The molecule has 3 aromatic carbocycles. The molecule has 0 bridgehead atoms. The first-order valence-electron chi connectivity index (χ1n) is 14.6. The molecule has 4 atom stereocenters. The molecule has 2 heterocycles. The van der Waals surface area contributed by atoms with E-state index in [2.05, 4.69) is 25.9 Å². The summed E-state index contributed by atoms with van der Waals surface area (Å²) in [6.45, 7) is 2.46. The smallest absolute Gasteiger partial charge is 0.245 e. The molecule has 228 valence electrons. The molecule has 11 nitrogen and oxygen atoms in total. The second-order valence-corrected chi connectivity index (χ2v) is 10.6. The molecule has 0 saturated carbocycles. The molecular formula is C33H36N6O5. The maximum absolute atomic E-state index is 13.4. The van der Waals surface area contributed by atoms with E-state index in [9.17, 15) is 14.4 Å². The number of carbonyl (C=O) groups excluding carboxylic acids is 3. The molecule has 4 aromatic rings. The zero-order valence-corrected chi connectivity index (χ0v) is 24.4. The number of aromatic amines is 1. The fourth-order valence-corrected chi connectivity index (χ4v) is 5.03. The van der Waals surface area contributed by atoms with E-state index in [1.807, 2.05) is 85.8 Å². The Bertz CT molecular complexity index is 1530. The number of nitrogens with two attached hydrogens (primary N) is 1. The van der Waals surface area contributed by atoms with Gasteiger partial charge in [0.25, 0.3) is 0 Å². The van der Waals surface area contributed by atoms with Crippen molar-refractivity contribution in [3.8, 4) is 17.2 Å². The van der Waals surface area contributed by atoms with E-state index in [0.29, 0.717) is 30.2 Å². The van der Waals surface area contributed by atoms with Gasteiger partial charge in [-0.15, -0.1) is 0 Å². The van der Waals surface area contributed by atoms with Crippen molar-refractivity contribution in [3.05, 3.63) is 108 Å². The van der Waals surface area contributed by atoms with Gasteiger partial charge in [-0.1, -0.05) is 42.5 Å². The Labute approximate surface area is 255 Å². The summed E-state index contributed by atoms with van der Waals surface area (Å²) in [5.74, 6) is 0.892. The van der Waals surface area contributed by atoms with Crippen molar-refractivity contribution in [1.82, 2.24) is 25.9 Å². The van der Waals surface area contributed by atoms with Crippen LogP contribution in [0.5, 0.6) is 17.2 Å². The molecule has 1 aliphatic heterocycles. The number of carbonyl (C=O) groups is 3. The van der Waals surface area contributed by atoms with E-state index < -0.39 is 36.0 Å². The van der Waals surface area contributed by atoms with Crippen LogP contribution in [-0.2, 0) is 33.6 Å². The van der Waals surface area contributed by atoms with Crippen LogP contribution in [-0.4, -0.2) is 58.5 Å². The Morgan fingerprint density at radius 1 is 0.886 bits per heavy atom. The highest BCUT2D eigenvalue weighted by Gasteiger charge is 2.39. The summed E-state index contributed by atoms with van der Waals surface area (Å²) in [7, 11) is 0. The maximum Gasteiger partial charge on any atom is 0.245 e. The van der Waals surface area contributed by atoms with Crippen molar-refractivity contribution in [1.29, 1.82) is 0 Å². The number of nitrogens with zero attached hydrogens (tertiary/aromatic N) is 1. The lowest BCUT2D eigenvalue weighted by Gasteiger charge is -2.35. The van der Waals surface area contributed by atoms with E-state index in [1.54, 1.807) is 6.20 Å². The zero-order chi connectivity index (χ0) is 30.9. The minimum Gasteiger partial charge on any atom is -0.494 e. The fraction of sp³-hybridized carbons (Fsp3) is 0.273. The Morgan fingerprint density at radius 2 is 1.57 bits per heavy atom. The third-order valence-corrected chi connectivity index (χ3v) is 7.30. The van der Waals surface area contributed by atoms with Crippen LogP contribution in [0.15, 0.2) is 91.4 Å². The number of para-hydroxylation sites is 1. The van der Waals surface area contributed by atoms with Crippen LogP contribution < -0.4 is 31.2 Å². The Morgan fingerprint density at radius 3 is 2.25 bits per heavy atom. The number of ether oxygens (including phenoxy) is 2. The summed E-state index contributed by atoms with van der Waals surface area (Å²) < 4.78 is 11.4. The van der Waals surface area contributed by atoms with Crippen molar-refractivity contribution in [2.24, 2.45) is 5.73 Å². The van der Waals surface area contributed by atoms with Gasteiger partial charge >= 0.3 is 0 Å². The molecule has 11 heteroatoms. The normalized spacial score (nSPS) is 17.6. The van der Waals surface area contributed by atoms with Crippen LogP contribution in [0.1, 0.15) is 23.7 Å². The molecule has 1 fully saturated rings. The van der Waals surface area contributed by atoms with Gasteiger partial charge in [-0.05, 0) is 60.9 Å². The van der Waals surface area contributed by atoms with Crippen LogP contribution in [0.25, 0.3) is 0 Å². The lowest BCUT2D eigenvalue weighted by molar-refractivity contribution is -0.138. The molecule has 5 rings (SSSR count). The van der Waals surface area contributed by atoms with E-state index in [0.717, 1.165) is 16.9 Å². The van der Waals surface area contributed by atoms with Crippen LogP contribution in [0, 0.1) is 0 Å². The molecule has 0 radical (unpaired) electrons. The Hall–Kier alpha value is -5.16. The number of benzene rings is 3. The summed E-state index contributed by atoms with van der Waals surface area (Å²) in [6.07, 6.45) is 3.96. The number of aromatic nitrogens is 2. The van der Waals surface area contributed by atoms with Crippen LogP contribution in [0.4, 0.5) is 0 Å². The number of amides is 3. The number of rotatable bonds is 13. The van der Waals surface area contributed by atoms with Gasteiger partial charge in [-0.3, -0.25) is 14.4 Å². The van der Waals surface area contributed by atoms with Crippen molar-refractivity contribution >= 4 is 17.7 Å². The van der Waals surface area contributed by atoms with Crippen molar-refractivity contribution < 1.29 is 23.9 Å². The maximum atomic E-state index is 13.4. The van der Waals surface area contributed by atoms with E-state index in [1.165, 1.54) is 6.33 Å². The highest BCUT2D eigenvalue weighted by Crippen LogP contribution is 2.22. The molecular weight excluding hydrogens is 560 g/mol. The molecule has 3 amide bonds. The van der Waals surface area contributed by atoms with Crippen LogP contribution >= 0.6 is 0 Å². The van der Waals surface area contributed by atoms with E-state index >= 15 is 0 Å². The molecule has 1 aromatic heterocycles. The number of hydrogen-bond acceptors (Lipinski definition) is 7. The first-order chi connectivity index (χ1) is 21.4. The summed E-state index contributed by atoms with van der Waals surface area (Å²) in [5.41, 5.74) is 8.53. The Balaban J connectivity index is 1.28. The number of imidazole rings is 1. The topological polar surface area (TPSA) is 160 Å². The standard InChI is InChI=1S/C33H36N6O5/c1-2-43-24-12-8-22(9-13-24)17-29-32(41)39-30(33(42)38-29)28(37-31(40)27(34)18-23-19-35-20-36-23)16-21-10-14-26(15-11-21)44-25-6-4-3-5-7-25/h3-15,19-20,27-30H,2,16-18,34H2,1H3,(H,35,36)(H,37,40)(H,38,42)(H,39,41)/t27-,28?,29?,30?/m1/s1. The molecule has 1 aliphatic rings. The zero-order valence-electron chi connectivity index (χ0n) is 24.4. The van der Waals surface area contributed by atoms with Gasteiger partial charge in [-0.25, -0.2) is 4.98 Å². The monoisotopic (exact) mass is 596 g/mol. The minimum absolute atomic E-state index is 0.209. The molecule has 44 heavy (non-hydrogen) atoms. The number of hydrogen-bond donors (Lipinski definition) is 5. The lowest BCUT2D eigenvalue weighted by atomic mass is 9.94. The van der Waals surface area contributed by atoms with Crippen LogP contribution in [0.3, 0.4) is 0 Å². The summed E-state index contributed by atoms with van der Waals surface area (Å²) >= 11 is 0. The summed E-state index contributed by atoms with van der Waals surface area (Å²) in [6, 6.07) is 20.7. The molecule has 0 spiro atoms. The first kappa shape index (κ1) is 30.3. The highest BCUT2D eigenvalue weighted by atomic mass is 16.5. The van der Waals surface area contributed by atoms with Crippen LogP contribution in [0.2, 0.25) is 0 Å². The quantitative estimate of drug-likeness (QED) is 0.158. The number of H-pyrrole nitrogens is 1. The summed E-state index contributed by atoms with van der Waals surface area (Å²) in [5, 5.41) is 8.61. The summed E-state index contributed by atoms with van der Waals surface area (Å²) in [4.78, 5) is 46.8. The molecule has 1 saturated heterocycles. The Kier molecular flexibility index (Phi) is 9.88. The van der Waals surface area contributed by atoms with E-state index in [-0.39, 0.29) is 18.7 Å². The van der Waals surface area contributed by atoms with Crippen molar-refractivity contribution in [2.75, 3.05) is 6.61 Å². The lowest BCUT2D eigenvalue weighted by Crippen LogP contribution is -2.69. The first-order valence-corrected chi connectivity index (χ1v) is 14.6. The largest absolute Gasteiger partial charge is 0.494 e. The third-order valence-electron chi connectivity index (χ3n) is 7.30.